The van der Waals surface area contributed by atoms with Crippen molar-refractivity contribution in [1.29, 1.82) is 0 Å². The van der Waals surface area contributed by atoms with Crippen molar-refractivity contribution in [3.8, 4) is 0 Å². The number of aromatic nitrogens is 3. The summed E-state index contributed by atoms with van der Waals surface area (Å²) in [5.41, 5.74) is 6.34. The molecule has 1 aliphatic heterocycles. The fraction of sp³-hybridized carbons (Fsp3) is 0.700. The average molecular weight is 223 g/mol. The van der Waals surface area contributed by atoms with Gasteiger partial charge in [-0.15, -0.1) is 5.10 Å². The van der Waals surface area contributed by atoms with E-state index >= 15 is 0 Å². The van der Waals surface area contributed by atoms with Crippen LogP contribution in [0, 0.1) is 0 Å². The summed E-state index contributed by atoms with van der Waals surface area (Å²) in [5.74, 6) is 0.121. The van der Waals surface area contributed by atoms with Crippen LogP contribution < -0.4 is 5.73 Å². The van der Waals surface area contributed by atoms with Crippen LogP contribution in [0.2, 0.25) is 0 Å². The van der Waals surface area contributed by atoms with Crippen LogP contribution in [0.5, 0.6) is 0 Å². The number of amides is 1. The van der Waals surface area contributed by atoms with E-state index < -0.39 is 0 Å². The van der Waals surface area contributed by atoms with Gasteiger partial charge in [0.1, 0.15) is 6.04 Å². The minimum atomic E-state index is -0.163. The molecule has 0 aliphatic carbocycles. The van der Waals surface area contributed by atoms with Gasteiger partial charge in [-0.1, -0.05) is 5.21 Å². The zero-order valence-electron chi connectivity index (χ0n) is 9.46. The van der Waals surface area contributed by atoms with Gasteiger partial charge >= 0.3 is 0 Å². The van der Waals surface area contributed by atoms with E-state index in [1.807, 2.05) is 13.2 Å². The van der Waals surface area contributed by atoms with Gasteiger partial charge in [0.25, 0.3) is 0 Å². The molecule has 0 radical (unpaired) electrons. The van der Waals surface area contributed by atoms with Gasteiger partial charge in [0, 0.05) is 19.8 Å². The van der Waals surface area contributed by atoms with Crippen LogP contribution in [-0.4, -0.2) is 45.9 Å². The highest BCUT2D eigenvalue weighted by Crippen LogP contribution is 2.20. The first-order valence-corrected chi connectivity index (χ1v) is 5.58. The van der Waals surface area contributed by atoms with Gasteiger partial charge in [-0.25, -0.2) is 4.68 Å². The summed E-state index contributed by atoms with van der Waals surface area (Å²) in [6.07, 6.45) is 4.40. The van der Waals surface area contributed by atoms with Gasteiger partial charge in [0.15, 0.2) is 0 Å². The number of hydrogen-bond acceptors (Lipinski definition) is 4. The molecule has 2 rings (SSSR count). The van der Waals surface area contributed by atoms with Crippen molar-refractivity contribution in [3.05, 3.63) is 11.9 Å². The number of nitrogens with zero attached hydrogens (tertiary/aromatic N) is 4. The van der Waals surface area contributed by atoms with Crippen molar-refractivity contribution in [2.24, 2.45) is 5.73 Å². The second-order valence-electron chi connectivity index (χ2n) is 4.15. The van der Waals surface area contributed by atoms with E-state index in [1.54, 1.807) is 9.58 Å². The first kappa shape index (κ1) is 11.1. The standard InChI is InChI=1S/C10H17N5O/c1-14-6-4-9(10(14)16)15-7-8(12-13-15)3-2-5-11/h7,9H,2-6,11H2,1H3. The van der Waals surface area contributed by atoms with Crippen molar-refractivity contribution >= 4 is 5.91 Å². The van der Waals surface area contributed by atoms with E-state index in [4.69, 9.17) is 5.73 Å². The molecule has 1 fully saturated rings. The van der Waals surface area contributed by atoms with Crippen LogP contribution in [0.15, 0.2) is 6.20 Å². The van der Waals surface area contributed by atoms with Gasteiger partial charge in [0.2, 0.25) is 5.91 Å². The zero-order chi connectivity index (χ0) is 11.5. The number of hydrogen-bond donors (Lipinski definition) is 1. The topological polar surface area (TPSA) is 77.0 Å². The number of carbonyl (C=O) groups is 1. The van der Waals surface area contributed by atoms with Crippen LogP contribution in [0.1, 0.15) is 24.6 Å². The lowest BCUT2D eigenvalue weighted by molar-refractivity contribution is -0.129. The average Bonchev–Trinajstić information content (AvgIpc) is 2.85. The SMILES string of the molecule is CN1CCC(n2cc(CCCN)nn2)C1=O. The molecule has 88 valence electrons. The summed E-state index contributed by atoms with van der Waals surface area (Å²) in [6.45, 7) is 1.44. The first-order chi connectivity index (χ1) is 7.72. The monoisotopic (exact) mass is 223 g/mol. The fourth-order valence-corrected chi connectivity index (χ4v) is 1.91. The lowest BCUT2D eigenvalue weighted by Gasteiger charge is -2.09. The van der Waals surface area contributed by atoms with Gasteiger partial charge in [-0.2, -0.15) is 0 Å². The van der Waals surface area contributed by atoms with Gasteiger partial charge in [-0.3, -0.25) is 4.79 Å². The zero-order valence-corrected chi connectivity index (χ0v) is 9.46. The highest BCUT2D eigenvalue weighted by molar-refractivity contribution is 5.82. The van der Waals surface area contributed by atoms with Crippen LogP contribution >= 0.6 is 0 Å². The Bertz CT molecular complexity index is 375. The lowest BCUT2D eigenvalue weighted by Crippen LogP contribution is -2.24. The Hall–Kier alpha value is -1.43. The highest BCUT2D eigenvalue weighted by atomic mass is 16.2. The van der Waals surface area contributed by atoms with E-state index in [-0.39, 0.29) is 11.9 Å². The summed E-state index contributed by atoms with van der Waals surface area (Å²) in [7, 11) is 1.81. The third-order valence-corrected chi connectivity index (χ3v) is 2.91. The highest BCUT2D eigenvalue weighted by Gasteiger charge is 2.31. The van der Waals surface area contributed by atoms with Crippen molar-refractivity contribution < 1.29 is 4.79 Å². The smallest absolute Gasteiger partial charge is 0.247 e. The largest absolute Gasteiger partial charge is 0.344 e. The maximum Gasteiger partial charge on any atom is 0.247 e. The molecule has 1 unspecified atom stereocenters. The van der Waals surface area contributed by atoms with Crippen LogP contribution in [0.3, 0.4) is 0 Å². The van der Waals surface area contributed by atoms with Gasteiger partial charge < -0.3 is 10.6 Å². The van der Waals surface area contributed by atoms with E-state index in [0.717, 1.165) is 31.5 Å². The van der Waals surface area contributed by atoms with Crippen molar-refractivity contribution in [2.45, 2.75) is 25.3 Å². The number of carbonyl (C=O) groups excluding carboxylic acids is 1. The molecule has 2 N–H and O–H groups in total. The minimum Gasteiger partial charge on any atom is -0.344 e. The van der Waals surface area contributed by atoms with E-state index in [1.165, 1.54) is 0 Å². The van der Waals surface area contributed by atoms with Crippen molar-refractivity contribution in [1.82, 2.24) is 19.9 Å². The summed E-state index contributed by atoms with van der Waals surface area (Å²) in [4.78, 5) is 13.5. The Balaban J connectivity index is 2.04. The Labute approximate surface area is 94.4 Å². The predicted octanol–water partition coefficient (Wildman–Crippen LogP) is -0.427. The number of likely N-dealkylation sites (N-methyl/N-ethyl adjacent to an activating group) is 1. The Morgan fingerprint density at radius 2 is 2.44 bits per heavy atom. The number of nitrogens with two attached hydrogens (primary N) is 1. The van der Waals surface area contributed by atoms with Crippen molar-refractivity contribution in [3.63, 3.8) is 0 Å². The van der Waals surface area contributed by atoms with Gasteiger partial charge in [-0.05, 0) is 25.8 Å². The normalized spacial score (nSPS) is 20.8. The van der Waals surface area contributed by atoms with Crippen LogP contribution in [0.4, 0.5) is 0 Å². The molecular formula is C10H17N5O. The summed E-state index contributed by atoms with van der Waals surface area (Å²) < 4.78 is 1.68. The van der Waals surface area contributed by atoms with Crippen LogP contribution in [-0.2, 0) is 11.2 Å². The Morgan fingerprint density at radius 1 is 1.62 bits per heavy atom. The molecular weight excluding hydrogens is 206 g/mol. The molecule has 1 saturated heterocycles. The molecule has 16 heavy (non-hydrogen) atoms. The number of aryl methyl sites for hydroxylation is 1. The summed E-state index contributed by atoms with van der Waals surface area (Å²) in [5, 5.41) is 8.06. The molecule has 1 atom stereocenters. The summed E-state index contributed by atoms with van der Waals surface area (Å²) >= 11 is 0. The number of likely N-dealkylation sites (tertiary alicyclic amines) is 1. The number of rotatable bonds is 4. The molecule has 0 saturated carbocycles. The first-order valence-electron chi connectivity index (χ1n) is 5.58. The van der Waals surface area contributed by atoms with E-state index in [2.05, 4.69) is 10.3 Å². The second kappa shape index (κ2) is 4.61. The molecule has 0 aromatic carbocycles. The third kappa shape index (κ3) is 2.06. The molecule has 1 aliphatic rings. The second-order valence-corrected chi connectivity index (χ2v) is 4.15. The molecule has 0 spiro atoms. The van der Waals surface area contributed by atoms with Gasteiger partial charge in [0.05, 0.1) is 5.69 Å². The molecule has 6 nitrogen and oxygen atoms in total. The maximum absolute atomic E-state index is 11.7. The fourth-order valence-electron chi connectivity index (χ4n) is 1.91. The quantitative estimate of drug-likeness (QED) is 0.751. The molecule has 1 aromatic rings. The van der Waals surface area contributed by atoms with Crippen molar-refractivity contribution in [2.75, 3.05) is 20.1 Å². The van der Waals surface area contributed by atoms with E-state index in [9.17, 15) is 4.79 Å². The summed E-state index contributed by atoms with van der Waals surface area (Å²) in [6, 6.07) is -0.163. The lowest BCUT2D eigenvalue weighted by atomic mass is 10.2. The molecule has 6 heteroatoms. The van der Waals surface area contributed by atoms with Crippen LogP contribution in [0.25, 0.3) is 0 Å². The predicted molar refractivity (Wildman–Crippen MR) is 58.7 cm³/mol. The minimum absolute atomic E-state index is 0.121. The molecule has 1 amide bonds. The Kier molecular flexibility index (Phi) is 3.19. The van der Waals surface area contributed by atoms with E-state index in [0.29, 0.717) is 6.54 Å². The molecule has 0 bridgehead atoms. The third-order valence-electron chi connectivity index (χ3n) is 2.91. The maximum atomic E-state index is 11.7. The molecule has 2 heterocycles. The Morgan fingerprint density at radius 3 is 3.06 bits per heavy atom. The molecule has 1 aromatic heterocycles.